The first-order valence-corrected chi connectivity index (χ1v) is 12.7. The van der Waals surface area contributed by atoms with Gasteiger partial charge in [-0.25, -0.2) is 0 Å². The van der Waals surface area contributed by atoms with Crippen LogP contribution in [-0.4, -0.2) is 81.7 Å². The van der Waals surface area contributed by atoms with Gasteiger partial charge in [0, 0.05) is 52.4 Å². The number of benzene rings is 2. The van der Waals surface area contributed by atoms with Gasteiger partial charge >= 0.3 is 0 Å². The van der Waals surface area contributed by atoms with Crippen molar-refractivity contribution in [1.29, 1.82) is 0 Å². The maximum Gasteiger partial charge on any atom is 0.121 e. The van der Waals surface area contributed by atoms with E-state index in [2.05, 4.69) is 28.0 Å². The third kappa shape index (κ3) is 7.23. The molecule has 2 aromatic rings. The fraction of sp³-hybridized carbons (Fsp3) is 0.538. The maximum atomic E-state index is 6.11. The molecule has 0 bridgehead atoms. The van der Waals surface area contributed by atoms with Crippen LogP contribution in [0.4, 0.5) is 0 Å². The van der Waals surface area contributed by atoms with E-state index in [0.29, 0.717) is 29.0 Å². The molecule has 2 saturated heterocycles. The van der Waals surface area contributed by atoms with Crippen molar-refractivity contribution in [2.75, 3.05) is 66.3 Å². The number of morpholine rings is 1. The molecular formula is C26H34Cl2N2O4. The quantitative estimate of drug-likeness (QED) is 0.460. The average molecular weight is 509 g/mol. The Hall–Kier alpha value is -1.54. The van der Waals surface area contributed by atoms with Crippen LogP contribution in [0.5, 0.6) is 11.5 Å². The van der Waals surface area contributed by atoms with Crippen molar-refractivity contribution >= 4 is 23.2 Å². The van der Waals surface area contributed by atoms with Gasteiger partial charge in [0.15, 0.2) is 0 Å². The predicted octanol–water partition coefficient (Wildman–Crippen LogP) is 4.76. The first-order valence-electron chi connectivity index (χ1n) is 11.9. The van der Waals surface area contributed by atoms with Crippen LogP contribution in [0.15, 0.2) is 42.5 Å². The van der Waals surface area contributed by atoms with Crippen LogP contribution in [0.3, 0.4) is 0 Å². The van der Waals surface area contributed by atoms with Crippen LogP contribution < -0.4 is 9.47 Å². The number of halogens is 2. The summed E-state index contributed by atoms with van der Waals surface area (Å²) >= 11 is 12.1. The summed E-state index contributed by atoms with van der Waals surface area (Å²) in [5.74, 6) is 1.64. The molecule has 4 rings (SSSR count). The van der Waals surface area contributed by atoms with Gasteiger partial charge in [-0.15, -0.1) is 0 Å². The minimum atomic E-state index is -0.299. The summed E-state index contributed by atoms with van der Waals surface area (Å²) in [5, 5.41) is 1.02. The van der Waals surface area contributed by atoms with Crippen molar-refractivity contribution in [3.05, 3.63) is 58.1 Å². The molecule has 0 aromatic heterocycles. The van der Waals surface area contributed by atoms with Gasteiger partial charge in [0.1, 0.15) is 30.3 Å². The molecule has 0 atom stereocenters. The van der Waals surface area contributed by atoms with E-state index in [0.717, 1.165) is 71.1 Å². The highest BCUT2D eigenvalue weighted by molar-refractivity contribution is 6.42. The zero-order valence-electron chi connectivity index (χ0n) is 19.8. The summed E-state index contributed by atoms with van der Waals surface area (Å²) in [7, 11) is 1.77. The van der Waals surface area contributed by atoms with Gasteiger partial charge in [-0.1, -0.05) is 35.3 Å². The smallest absolute Gasteiger partial charge is 0.121 e. The highest BCUT2D eigenvalue weighted by Crippen LogP contribution is 2.30. The summed E-state index contributed by atoms with van der Waals surface area (Å²) in [5.41, 5.74) is 0.966. The molecule has 0 spiro atoms. The second kappa shape index (κ2) is 12.4. The molecule has 0 N–H and O–H groups in total. The minimum absolute atomic E-state index is 0.299. The molecular weight excluding hydrogens is 475 g/mol. The third-order valence-electron chi connectivity index (χ3n) is 6.68. The molecule has 2 aromatic carbocycles. The summed E-state index contributed by atoms with van der Waals surface area (Å²) in [6, 6.07) is 13.8. The van der Waals surface area contributed by atoms with Crippen molar-refractivity contribution in [3.63, 3.8) is 0 Å². The fourth-order valence-corrected chi connectivity index (χ4v) is 4.70. The number of hydrogen-bond donors (Lipinski definition) is 0. The Morgan fingerprint density at radius 2 is 1.65 bits per heavy atom. The van der Waals surface area contributed by atoms with Crippen molar-refractivity contribution < 1.29 is 18.9 Å². The van der Waals surface area contributed by atoms with Crippen molar-refractivity contribution in [1.82, 2.24) is 9.80 Å². The Bertz CT molecular complexity index is 915. The summed E-state index contributed by atoms with van der Waals surface area (Å²) < 4.78 is 23.4. The van der Waals surface area contributed by atoms with Gasteiger partial charge in [-0.3, -0.25) is 9.80 Å². The van der Waals surface area contributed by atoms with Gasteiger partial charge in [-0.2, -0.15) is 0 Å². The Kier molecular flexibility index (Phi) is 9.34. The highest BCUT2D eigenvalue weighted by atomic mass is 35.5. The molecule has 2 fully saturated rings. The van der Waals surface area contributed by atoms with Crippen LogP contribution in [0, 0.1) is 0 Å². The second-order valence-electron chi connectivity index (χ2n) is 8.98. The Morgan fingerprint density at radius 3 is 2.38 bits per heavy atom. The standard InChI is InChI=1S/C26H34Cl2N2O4/c1-31-26(20-34-23-5-6-24(27)25(28)18-23)7-9-30(10-8-26)19-21-3-2-4-22(17-21)33-16-13-29-11-14-32-15-12-29/h2-6,17-18H,7-16,19-20H2,1H3. The van der Waals surface area contributed by atoms with E-state index in [1.165, 1.54) is 5.56 Å². The van der Waals surface area contributed by atoms with Crippen molar-refractivity contribution in [2.45, 2.75) is 25.0 Å². The lowest BCUT2D eigenvalue weighted by Gasteiger charge is -2.40. The highest BCUT2D eigenvalue weighted by Gasteiger charge is 2.35. The minimum Gasteiger partial charge on any atom is -0.492 e. The molecule has 2 aliphatic heterocycles. The van der Waals surface area contributed by atoms with E-state index in [4.69, 9.17) is 42.1 Å². The van der Waals surface area contributed by atoms with Gasteiger partial charge in [0.25, 0.3) is 0 Å². The maximum absolute atomic E-state index is 6.11. The number of hydrogen-bond acceptors (Lipinski definition) is 6. The van der Waals surface area contributed by atoms with E-state index in [1.807, 2.05) is 12.1 Å². The molecule has 186 valence electrons. The van der Waals surface area contributed by atoms with Gasteiger partial charge in [-0.05, 0) is 42.7 Å². The Morgan fingerprint density at radius 1 is 0.882 bits per heavy atom. The summed E-state index contributed by atoms with van der Waals surface area (Å²) in [6.07, 6.45) is 1.81. The number of nitrogens with zero attached hydrogens (tertiary/aromatic N) is 2. The topological polar surface area (TPSA) is 43.4 Å². The average Bonchev–Trinajstić information content (AvgIpc) is 2.87. The van der Waals surface area contributed by atoms with Crippen molar-refractivity contribution in [2.24, 2.45) is 0 Å². The SMILES string of the molecule is COC1(COc2ccc(Cl)c(Cl)c2)CCN(Cc2cccc(OCCN3CCOCC3)c2)CC1. The fourth-order valence-electron chi connectivity index (χ4n) is 4.42. The van der Waals surface area contributed by atoms with E-state index >= 15 is 0 Å². The molecule has 0 aliphatic carbocycles. The van der Waals surface area contributed by atoms with Crippen LogP contribution in [0.1, 0.15) is 18.4 Å². The lowest BCUT2D eigenvalue weighted by Crippen LogP contribution is -2.48. The van der Waals surface area contributed by atoms with E-state index < -0.39 is 0 Å². The largest absolute Gasteiger partial charge is 0.492 e. The molecule has 0 radical (unpaired) electrons. The molecule has 2 aliphatic rings. The number of rotatable bonds is 10. The third-order valence-corrected chi connectivity index (χ3v) is 7.42. The lowest BCUT2D eigenvalue weighted by molar-refractivity contribution is -0.0839. The first-order chi connectivity index (χ1) is 16.5. The van der Waals surface area contributed by atoms with E-state index in [9.17, 15) is 0 Å². The summed E-state index contributed by atoms with van der Waals surface area (Å²) in [4.78, 5) is 4.84. The molecule has 8 heteroatoms. The zero-order chi connectivity index (χ0) is 23.8. The van der Waals surface area contributed by atoms with Crippen LogP contribution >= 0.6 is 23.2 Å². The van der Waals surface area contributed by atoms with Gasteiger partial charge in [0.05, 0.1) is 23.3 Å². The molecule has 2 heterocycles. The predicted molar refractivity (Wildman–Crippen MR) is 135 cm³/mol. The van der Waals surface area contributed by atoms with Crippen LogP contribution in [0.2, 0.25) is 10.0 Å². The Balaban J connectivity index is 1.23. The van der Waals surface area contributed by atoms with Crippen molar-refractivity contribution in [3.8, 4) is 11.5 Å². The monoisotopic (exact) mass is 508 g/mol. The van der Waals surface area contributed by atoms with Gasteiger partial charge in [0.2, 0.25) is 0 Å². The second-order valence-corrected chi connectivity index (χ2v) is 9.79. The molecule has 34 heavy (non-hydrogen) atoms. The normalized spacial score (nSPS) is 19.1. The molecule has 0 amide bonds. The number of piperidine rings is 1. The summed E-state index contributed by atoms with van der Waals surface area (Å²) in [6.45, 7) is 8.51. The molecule has 6 nitrogen and oxygen atoms in total. The van der Waals surface area contributed by atoms with Gasteiger partial charge < -0.3 is 18.9 Å². The zero-order valence-corrected chi connectivity index (χ0v) is 21.3. The Labute approximate surface area is 212 Å². The van der Waals surface area contributed by atoms with E-state index in [1.54, 1.807) is 19.2 Å². The number of likely N-dealkylation sites (tertiary alicyclic amines) is 1. The van der Waals surface area contributed by atoms with Crippen LogP contribution in [0.25, 0.3) is 0 Å². The number of methoxy groups -OCH3 is 1. The molecule has 0 saturated carbocycles. The van der Waals surface area contributed by atoms with Crippen LogP contribution in [-0.2, 0) is 16.0 Å². The lowest BCUT2D eigenvalue weighted by atomic mass is 9.91. The van der Waals surface area contributed by atoms with E-state index in [-0.39, 0.29) is 5.60 Å². The molecule has 0 unspecified atom stereocenters. The number of ether oxygens (including phenoxy) is 4. The first kappa shape index (κ1) is 25.5.